The number of aryl methyl sites for hydroxylation is 1. The lowest BCUT2D eigenvalue weighted by atomic mass is 10.2. The number of rotatable bonds is 8. The molecule has 0 aliphatic rings. The van der Waals surface area contributed by atoms with Gasteiger partial charge in [0.1, 0.15) is 0 Å². The average molecular weight is 405 g/mol. The molecule has 136 valence electrons. The lowest BCUT2D eigenvalue weighted by molar-refractivity contribution is 0.134. The van der Waals surface area contributed by atoms with Crippen LogP contribution in [-0.4, -0.2) is 36.0 Å². The molecule has 0 bridgehead atoms. The highest BCUT2D eigenvalue weighted by molar-refractivity contribution is 7.91. The smallest absolute Gasteiger partial charge is 0.297 e. The van der Waals surface area contributed by atoms with E-state index in [9.17, 15) is 16.8 Å². The van der Waals surface area contributed by atoms with Crippen LogP contribution in [0.5, 0.6) is 0 Å². The second-order valence-corrected chi connectivity index (χ2v) is 9.18. The Hall–Kier alpha value is -1.45. The van der Waals surface area contributed by atoms with Gasteiger partial charge in [0.2, 0.25) is 9.84 Å². The maximum atomic E-state index is 12.1. The molecule has 2 rings (SSSR count). The van der Waals surface area contributed by atoms with Crippen molar-refractivity contribution >= 4 is 31.6 Å². The minimum absolute atomic E-state index is 0.0321. The Morgan fingerprint density at radius 2 is 1.60 bits per heavy atom. The van der Waals surface area contributed by atoms with Crippen molar-refractivity contribution in [3.8, 4) is 0 Å². The maximum Gasteiger partial charge on any atom is 0.297 e. The van der Waals surface area contributed by atoms with Crippen LogP contribution in [0.1, 0.15) is 5.56 Å². The lowest BCUT2D eigenvalue weighted by Gasteiger charge is -2.08. The second-order valence-electron chi connectivity index (χ2n) is 5.19. The normalized spacial score (nSPS) is 12.2. The molecule has 0 saturated carbocycles. The van der Waals surface area contributed by atoms with Crippen LogP contribution < -0.4 is 0 Å². The topological polar surface area (TPSA) is 86.7 Å². The Morgan fingerprint density at radius 1 is 0.920 bits per heavy atom. The van der Waals surface area contributed by atoms with Gasteiger partial charge in [0, 0.05) is 5.02 Å². The molecule has 0 unspecified atom stereocenters. The zero-order valence-electron chi connectivity index (χ0n) is 13.4. The summed E-state index contributed by atoms with van der Waals surface area (Å²) < 4.78 is 57.9. The highest BCUT2D eigenvalue weighted by atomic mass is 35.5. The van der Waals surface area contributed by atoms with Gasteiger partial charge in [0.05, 0.1) is 23.0 Å². The van der Waals surface area contributed by atoms with E-state index in [1.807, 2.05) is 6.92 Å². The number of hydrogen-bond donors (Lipinski definition) is 0. The molecule has 0 spiro atoms. The molecule has 0 fully saturated rings. The van der Waals surface area contributed by atoms with E-state index in [2.05, 4.69) is 0 Å². The van der Waals surface area contributed by atoms with Gasteiger partial charge < -0.3 is 4.74 Å². The summed E-state index contributed by atoms with van der Waals surface area (Å²) in [6.07, 6.45) is 0. The van der Waals surface area contributed by atoms with E-state index in [4.69, 9.17) is 20.5 Å². The van der Waals surface area contributed by atoms with Gasteiger partial charge in [-0.3, -0.25) is 4.18 Å². The first-order chi connectivity index (χ1) is 11.7. The first kappa shape index (κ1) is 19.9. The minimum atomic E-state index is -3.90. The standard InChI is InChI=1S/C16H17ClO6S2/c1-13-5-7-15(8-6-13)25(20,21)23-10-9-22-12-24(18,19)16-4-2-3-14(17)11-16/h2-8,11H,9-10,12H2,1H3. The van der Waals surface area contributed by atoms with E-state index < -0.39 is 25.9 Å². The molecule has 2 aromatic carbocycles. The van der Waals surface area contributed by atoms with Crippen molar-refractivity contribution in [2.24, 2.45) is 0 Å². The second kappa shape index (κ2) is 8.29. The van der Waals surface area contributed by atoms with Crippen LogP contribution in [0, 0.1) is 6.92 Å². The number of halogens is 1. The van der Waals surface area contributed by atoms with E-state index in [0.717, 1.165) is 5.56 Å². The van der Waals surface area contributed by atoms with Crippen LogP contribution in [0.3, 0.4) is 0 Å². The molecule has 0 heterocycles. The number of sulfone groups is 1. The van der Waals surface area contributed by atoms with Crippen molar-refractivity contribution in [2.75, 3.05) is 19.2 Å². The van der Waals surface area contributed by atoms with Crippen LogP contribution in [0.25, 0.3) is 0 Å². The van der Waals surface area contributed by atoms with Crippen molar-refractivity contribution in [3.63, 3.8) is 0 Å². The van der Waals surface area contributed by atoms with Gasteiger partial charge in [0.15, 0.2) is 5.94 Å². The van der Waals surface area contributed by atoms with Crippen molar-refractivity contribution in [1.82, 2.24) is 0 Å². The Morgan fingerprint density at radius 3 is 2.24 bits per heavy atom. The summed E-state index contributed by atoms with van der Waals surface area (Å²) in [5.41, 5.74) is 0.925. The molecule has 0 aliphatic heterocycles. The SMILES string of the molecule is Cc1ccc(S(=O)(=O)OCCOCS(=O)(=O)c2cccc(Cl)c2)cc1. The molecule has 2 aromatic rings. The molecular weight excluding hydrogens is 388 g/mol. The highest BCUT2D eigenvalue weighted by Crippen LogP contribution is 2.17. The predicted octanol–water partition coefficient (Wildman–Crippen LogP) is 2.80. The average Bonchev–Trinajstić information content (AvgIpc) is 2.55. The Labute approximate surface area is 152 Å². The van der Waals surface area contributed by atoms with Crippen LogP contribution >= 0.6 is 11.6 Å². The van der Waals surface area contributed by atoms with E-state index in [1.54, 1.807) is 18.2 Å². The van der Waals surface area contributed by atoms with Crippen LogP contribution in [0.4, 0.5) is 0 Å². The van der Waals surface area contributed by atoms with Crippen molar-refractivity contribution in [1.29, 1.82) is 0 Å². The fourth-order valence-electron chi connectivity index (χ4n) is 1.87. The monoisotopic (exact) mass is 404 g/mol. The van der Waals surface area contributed by atoms with Crippen molar-refractivity contribution < 1.29 is 25.8 Å². The molecule has 0 amide bonds. The quantitative estimate of drug-likeness (QED) is 0.496. The maximum absolute atomic E-state index is 12.1. The summed E-state index contributed by atoms with van der Waals surface area (Å²) in [6.45, 7) is 1.36. The first-order valence-corrected chi connectivity index (χ1v) is 10.7. The molecule has 25 heavy (non-hydrogen) atoms. The third-order valence-corrected chi connectivity index (χ3v) is 6.18. The van der Waals surface area contributed by atoms with Gasteiger partial charge in [0.25, 0.3) is 10.1 Å². The summed E-state index contributed by atoms with van der Waals surface area (Å²) in [5, 5.41) is 0.300. The first-order valence-electron chi connectivity index (χ1n) is 7.23. The van der Waals surface area contributed by atoms with Crippen LogP contribution in [0.15, 0.2) is 58.3 Å². The summed E-state index contributed by atoms with van der Waals surface area (Å²) >= 11 is 5.76. The Kier molecular flexibility index (Phi) is 6.59. The molecule has 0 aromatic heterocycles. The van der Waals surface area contributed by atoms with Gasteiger partial charge in [-0.2, -0.15) is 8.42 Å². The third-order valence-electron chi connectivity index (χ3n) is 3.17. The highest BCUT2D eigenvalue weighted by Gasteiger charge is 2.17. The molecule has 0 atom stereocenters. The van der Waals surface area contributed by atoms with Crippen LogP contribution in [-0.2, 0) is 28.9 Å². The molecular formula is C16H17ClO6S2. The summed E-state index contributed by atoms with van der Waals surface area (Å²) in [5.74, 6) is -0.596. The summed E-state index contributed by atoms with van der Waals surface area (Å²) in [7, 11) is -7.56. The zero-order valence-corrected chi connectivity index (χ0v) is 15.8. The largest absolute Gasteiger partial charge is 0.363 e. The number of benzene rings is 2. The van der Waals surface area contributed by atoms with E-state index >= 15 is 0 Å². The minimum Gasteiger partial charge on any atom is -0.363 e. The lowest BCUT2D eigenvalue weighted by Crippen LogP contribution is -2.15. The predicted molar refractivity (Wildman–Crippen MR) is 93.8 cm³/mol. The fraction of sp³-hybridized carbons (Fsp3) is 0.250. The molecule has 0 aliphatic carbocycles. The molecule has 0 radical (unpaired) electrons. The van der Waals surface area contributed by atoms with Gasteiger partial charge in [-0.05, 0) is 37.3 Å². The van der Waals surface area contributed by atoms with Gasteiger partial charge in [-0.15, -0.1) is 0 Å². The summed E-state index contributed by atoms with van der Waals surface area (Å²) in [4.78, 5) is 0.0674. The van der Waals surface area contributed by atoms with Gasteiger partial charge >= 0.3 is 0 Å². The Balaban J connectivity index is 1.84. The van der Waals surface area contributed by atoms with Crippen molar-refractivity contribution in [2.45, 2.75) is 16.7 Å². The summed E-state index contributed by atoms with van der Waals surface area (Å²) in [6, 6.07) is 12.0. The van der Waals surface area contributed by atoms with Gasteiger partial charge in [-0.1, -0.05) is 35.4 Å². The van der Waals surface area contributed by atoms with Crippen molar-refractivity contribution in [3.05, 3.63) is 59.1 Å². The molecule has 0 saturated heterocycles. The zero-order chi connectivity index (χ0) is 18.5. The number of ether oxygens (including phenoxy) is 1. The molecule has 0 N–H and O–H groups in total. The Bertz CT molecular complexity index is 921. The number of hydrogen-bond acceptors (Lipinski definition) is 6. The van der Waals surface area contributed by atoms with E-state index in [0.29, 0.717) is 5.02 Å². The van der Waals surface area contributed by atoms with E-state index in [-0.39, 0.29) is 23.0 Å². The fourth-order valence-corrected chi connectivity index (χ4v) is 4.09. The van der Waals surface area contributed by atoms with Gasteiger partial charge in [-0.25, -0.2) is 8.42 Å². The molecule has 9 heteroatoms. The van der Waals surface area contributed by atoms with Crippen LogP contribution in [0.2, 0.25) is 5.02 Å². The van der Waals surface area contributed by atoms with E-state index in [1.165, 1.54) is 30.3 Å². The third kappa shape index (κ3) is 5.79. The molecule has 6 nitrogen and oxygen atoms in total.